The number of anilines is 1. The molecular formula is C14H12FN3O2. The molecule has 1 aromatic heterocycles. The highest BCUT2D eigenvalue weighted by Crippen LogP contribution is 2.17. The maximum atomic E-state index is 12.7. The van der Waals surface area contributed by atoms with Crippen molar-refractivity contribution in [1.82, 2.24) is 4.98 Å². The molecule has 2 rings (SSSR count). The fourth-order valence-corrected chi connectivity index (χ4v) is 1.66. The first-order chi connectivity index (χ1) is 9.47. The molecule has 0 fully saturated rings. The summed E-state index contributed by atoms with van der Waals surface area (Å²) in [5.74, 6) is -1.59. The van der Waals surface area contributed by atoms with Gasteiger partial charge in [0.15, 0.2) is 0 Å². The van der Waals surface area contributed by atoms with Gasteiger partial charge in [-0.05, 0) is 42.8 Å². The molecule has 0 aliphatic rings. The van der Waals surface area contributed by atoms with Crippen LogP contribution in [0.3, 0.4) is 0 Å². The number of rotatable bonds is 3. The summed E-state index contributed by atoms with van der Waals surface area (Å²) in [6, 6.07) is 7.14. The monoisotopic (exact) mass is 273 g/mol. The molecule has 0 aliphatic carbocycles. The molecule has 2 aromatic rings. The minimum absolute atomic E-state index is 0.241. The molecule has 0 spiro atoms. The van der Waals surface area contributed by atoms with E-state index in [4.69, 9.17) is 5.73 Å². The van der Waals surface area contributed by atoms with Crippen LogP contribution in [0.25, 0.3) is 0 Å². The number of nitrogens with zero attached hydrogens (tertiary/aromatic N) is 1. The molecule has 0 saturated heterocycles. The Morgan fingerprint density at radius 1 is 1.20 bits per heavy atom. The first kappa shape index (κ1) is 13.7. The Balaban J connectivity index is 2.19. The summed E-state index contributed by atoms with van der Waals surface area (Å²) in [4.78, 5) is 26.4. The van der Waals surface area contributed by atoms with E-state index in [1.54, 1.807) is 19.1 Å². The Labute approximate surface area is 114 Å². The number of nitrogens with two attached hydrogens (primary N) is 1. The lowest BCUT2D eigenvalue weighted by Crippen LogP contribution is -2.15. The van der Waals surface area contributed by atoms with Crippen LogP contribution in [-0.4, -0.2) is 16.8 Å². The Kier molecular flexibility index (Phi) is 3.74. The number of pyridine rings is 1. The van der Waals surface area contributed by atoms with E-state index in [2.05, 4.69) is 10.3 Å². The van der Waals surface area contributed by atoms with E-state index in [0.717, 1.165) is 12.3 Å². The van der Waals surface area contributed by atoms with Crippen LogP contribution in [0.1, 0.15) is 26.3 Å². The zero-order valence-electron chi connectivity index (χ0n) is 10.7. The molecule has 102 valence electrons. The molecule has 0 bridgehead atoms. The van der Waals surface area contributed by atoms with Crippen LogP contribution in [0, 0.1) is 12.9 Å². The second-order valence-corrected chi connectivity index (χ2v) is 4.22. The van der Waals surface area contributed by atoms with E-state index < -0.39 is 17.8 Å². The van der Waals surface area contributed by atoms with Crippen molar-refractivity contribution in [3.63, 3.8) is 0 Å². The summed E-state index contributed by atoms with van der Waals surface area (Å²) in [6.45, 7) is 1.74. The van der Waals surface area contributed by atoms with Crippen molar-refractivity contribution in [2.75, 3.05) is 5.32 Å². The fourth-order valence-electron chi connectivity index (χ4n) is 1.66. The molecule has 6 heteroatoms. The highest BCUT2D eigenvalue weighted by Gasteiger charge is 2.10. The van der Waals surface area contributed by atoms with Gasteiger partial charge in [-0.3, -0.25) is 9.59 Å². The molecule has 1 heterocycles. The van der Waals surface area contributed by atoms with Gasteiger partial charge in [0.25, 0.3) is 5.91 Å². The van der Waals surface area contributed by atoms with Crippen molar-refractivity contribution in [2.45, 2.75) is 6.92 Å². The molecular weight excluding hydrogens is 261 g/mol. The number of halogens is 1. The number of hydrogen-bond donors (Lipinski definition) is 2. The molecule has 0 aliphatic heterocycles. The van der Waals surface area contributed by atoms with Crippen LogP contribution in [0.2, 0.25) is 0 Å². The van der Waals surface area contributed by atoms with Crippen LogP contribution in [0.4, 0.5) is 10.1 Å². The average Bonchev–Trinajstić information content (AvgIpc) is 2.41. The molecule has 0 unspecified atom stereocenters. The average molecular weight is 273 g/mol. The number of carbonyl (C=O) groups is 2. The maximum Gasteiger partial charge on any atom is 0.257 e. The summed E-state index contributed by atoms with van der Waals surface area (Å²) < 4.78 is 12.7. The van der Waals surface area contributed by atoms with E-state index in [-0.39, 0.29) is 5.56 Å². The second kappa shape index (κ2) is 5.48. The van der Waals surface area contributed by atoms with Gasteiger partial charge < -0.3 is 11.1 Å². The molecule has 1 aromatic carbocycles. The predicted octanol–water partition coefficient (Wildman–Crippen LogP) is 1.88. The van der Waals surface area contributed by atoms with Gasteiger partial charge in [-0.1, -0.05) is 0 Å². The van der Waals surface area contributed by atoms with Crippen LogP contribution in [0.5, 0.6) is 0 Å². The number of carbonyl (C=O) groups excluding carboxylic acids is 2. The van der Waals surface area contributed by atoms with Gasteiger partial charge in [0.1, 0.15) is 0 Å². The Morgan fingerprint density at radius 2 is 1.90 bits per heavy atom. The minimum atomic E-state index is -0.649. The lowest BCUT2D eigenvalue weighted by Gasteiger charge is -2.09. The van der Waals surface area contributed by atoms with Crippen LogP contribution >= 0.6 is 0 Å². The largest absolute Gasteiger partial charge is 0.366 e. The predicted molar refractivity (Wildman–Crippen MR) is 71.8 cm³/mol. The summed E-state index contributed by atoms with van der Waals surface area (Å²) in [6.07, 6.45) is 1.15. The van der Waals surface area contributed by atoms with Gasteiger partial charge in [0.05, 0.1) is 5.56 Å². The molecule has 0 saturated carbocycles. The van der Waals surface area contributed by atoms with Crippen LogP contribution < -0.4 is 11.1 Å². The first-order valence-electron chi connectivity index (χ1n) is 5.81. The van der Waals surface area contributed by atoms with Gasteiger partial charge in [-0.15, -0.1) is 0 Å². The summed E-state index contributed by atoms with van der Waals surface area (Å²) in [7, 11) is 0. The van der Waals surface area contributed by atoms with Crippen molar-refractivity contribution in [2.24, 2.45) is 5.73 Å². The van der Waals surface area contributed by atoms with E-state index in [0.29, 0.717) is 16.8 Å². The number of primary amides is 1. The van der Waals surface area contributed by atoms with Gasteiger partial charge in [0.2, 0.25) is 11.9 Å². The molecule has 0 radical (unpaired) electrons. The fraction of sp³-hybridized carbons (Fsp3) is 0.0714. The van der Waals surface area contributed by atoms with Gasteiger partial charge in [0, 0.05) is 17.4 Å². The zero-order chi connectivity index (χ0) is 14.7. The quantitative estimate of drug-likeness (QED) is 0.837. The molecule has 3 N–H and O–H groups in total. The molecule has 5 nitrogen and oxygen atoms in total. The van der Waals surface area contributed by atoms with E-state index >= 15 is 0 Å². The number of aryl methyl sites for hydroxylation is 1. The van der Waals surface area contributed by atoms with Crippen molar-refractivity contribution in [3.05, 3.63) is 59.2 Å². The number of nitrogens with one attached hydrogen (secondary N) is 1. The SMILES string of the molecule is Cc1cc(C(N)=O)ccc1NC(=O)c1ccc(F)nc1. The summed E-state index contributed by atoms with van der Waals surface area (Å²) in [5.41, 5.74) is 7.02. The Bertz CT molecular complexity index is 669. The van der Waals surface area contributed by atoms with Crippen molar-refractivity contribution < 1.29 is 14.0 Å². The molecule has 0 atom stereocenters. The smallest absolute Gasteiger partial charge is 0.257 e. The standard InChI is InChI=1S/C14H12FN3O2/c1-8-6-9(13(16)19)2-4-11(8)18-14(20)10-3-5-12(15)17-7-10/h2-7H,1H3,(H2,16,19)(H,18,20). The van der Waals surface area contributed by atoms with Crippen LogP contribution in [-0.2, 0) is 0 Å². The third-order valence-corrected chi connectivity index (χ3v) is 2.75. The maximum absolute atomic E-state index is 12.7. The van der Waals surface area contributed by atoms with Gasteiger partial charge >= 0.3 is 0 Å². The lowest BCUT2D eigenvalue weighted by molar-refractivity contribution is 0.0998. The zero-order valence-corrected chi connectivity index (χ0v) is 10.7. The number of amides is 2. The first-order valence-corrected chi connectivity index (χ1v) is 5.81. The highest BCUT2D eigenvalue weighted by molar-refractivity contribution is 6.04. The topological polar surface area (TPSA) is 85.1 Å². The normalized spacial score (nSPS) is 10.1. The lowest BCUT2D eigenvalue weighted by atomic mass is 10.1. The number of benzene rings is 1. The number of aromatic nitrogens is 1. The van der Waals surface area contributed by atoms with Crippen molar-refractivity contribution >= 4 is 17.5 Å². The second-order valence-electron chi connectivity index (χ2n) is 4.22. The van der Waals surface area contributed by atoms with Crippen molar-refractivity contribution in [1.29, 1.82) is 0 Å². The van der Waals surface area contributed by atoms with Crippen LogP contribution in [0.15, 0.2) is 36.5 Å². The third-order valence-electron chi connectivity index (χ3n) is 2.75. The van der Waals surface area contributed by atoms with E-state index in [1.165, 1.54) is 12.1 Å². The Morgan fingerprint density at radius 3 is 2.45 bits per heavy atom. The molecule has 20 heavy (non-hydrogen) atoms. The summed E-state index contributed by atoms with van der Waals surface area (Å²) in [5, 5.41) is 2.66. The third kappa shape index (κ3) is 2.97. The minimum Gasteiger partial charge on any atom is -0.366 e. The number of hydrogen-bond acceptors (Lipinski definition) is 3. The van der Waals surface area contributed by atoms with E-state index in [1.807, 2.05) is 0 Å². The summed E-state index contributed by atoms with van der Waals surface area (Å²) >= 11 is 0. The van der Waals surface area contributed by atoms with Gasteiger partial charge in [-0.2, -0.15) is 4.39 Å². The Hall–Kier alpha value is -2.76. The molecule has 2 amide bonds. The van der Waals surface area contributed by atoms with E-state index in [9.17, 15) is 14.0 Å². The highest BCUT2D eigenvalue weighted by atomic mass is 19.1. The van der Waals surface area contributed by atoms with Crippen molar-refractivity contribution in [3.8, 4) is 0 Å². The van der Waals surface area contributed by atoms with Gasteiger partial charge in [-0.25, -0.2) is 4.98 Å².